The van der Waals surface area contributed by atoms with Gasteiger partial charge in [0.1, 0.15) is 0 Å². The van der Waals surface area contributed by atoms with Crippen LogP contribution in [0.2, 0.25) is 0 Å². The lowest BCUT2D eigenvalue weighted by Gasteiger charge is -2.05. The molecule has 0 saturated heterocycles. The van der Waals surface area contributed by atoms with E-state index in [-0.39, 0.29) is 0 Å². The van der Waals surface area contributed by atoms with Gasteiger partial charge in [-0.15, -0.1) is 0 Å². The quantitative estimate of drug-likeness (QED) is 0.644. The van der Waals surface area contributed by atoms with Crippen LogP contribution in [-0.4, -0.2) is 4.98 Å². The first-order valence-corrected chi connectivity index (χ1v) is 6.82. The van der Waals surface area contributed by atoms with Gasteiger partial charge in [0.15, 0.2) is 0 Å². The summed E-state index contributed by atoms with van der Waals surface area (Å²) in [6.45, 7) is 2.21. The summed E-state index contributed by atoms with van der Waals surface area (Å²) < 4.78 is 0. The minimum absolute atomic E-state index is 1.05. The van der Waals surface area contributed by atoms with Crippen molar-refractivity contribution in [1.82, 2.24) is 4.98 Å². The molecule has 3 aromatic rings. The van der Waals surface area contributed by atoms with Gasteiger partial charge in [0.2, 0.25) is 0 Å². The second-order valence-electron chi connectivity index (χ2n) is 4.84. The third-order valence-corrected chi connectivity index (χ3v) is 3.36. The Morgan fingerprint density at radius 2 is 1.79 bits per heavy atom. The van der Waals surface area contributed by atoms with E-state index >= 15 is 0 Å². The van der Waals surface area contributed by atoms with E-state index < -0.39 is 0 Å². The van der Waals surface area contributed by atoms with Gasteiger partial charge >= 0.3 is 0 Å². The molecular weight excluding hydrogens is 230 g/mol. The molecule has 0 saturated carbocycles. The highest BCUT2D eigenvalue weighted by Crippen LogP contribution is 2.22. The highest BCUT2D eigenvalue weighted by Gasteiger charge is 2.02. The van der Waals surface area contributed by atoms with Crippen LogP contribution < -0.4 is 0 Å². The molecule has 0 radical (unpaired) electrons. The number of aromatic nitrogens is 1. The smallest absolute Gasteiger partial charge is 0.0709 e. The molecule has 0 aliphatic heterocycles. The van der Waals surface area contributed by atoms with Crippen molar-refractivity contribution < 1.29 is 0 Å². The predicted octanol–water partition coefficient (Wildman–Crippen LogP) is 4.85. The summed E-state index contributed by atoms with van der Waals surface area (Å²) in [4.78, 5) is 4.75. The molecule has 19 heavy (non-hydrogen) atoms. The Balaban J connectivity index is 2.05. The molecule has 0 N–H and O–H groups in total. The van der Waals surface area contributed by atoms with E-state index in [1.165, 1.54) is 22.9 Å². The first-order valence-electron chi connectivity index (χ1n) is 6.82. The lowest BCUT2D eigenvalue weighted by molar-refractivity contribution is 0.922. The fourth-order valence-corrected chi connectivity index (χ4v) is 2.40. The number of hydrogen-bond donors (Lipinski definition) is 0. The van der Waals surface area contributed by atoms with E-state index in [1.807, 2.05) is 12.1 Å². The SMILES string of the molecule is CCCc1cccc(-c2ccc3ccccc3n2)c1. The lowest BCUT2D eigenvalue weighted by atomic mass is 10.0. The average molecular weight is 247 g/mol. The Hall–Kier alpha value is -2.15. The van der Waals surface area contributed by atoms with E-state index in [1.54, 1.807) is 0 Å². The number of aryl methyl sites for hydroxylation is 1. The van der Waals surface area contributed by atoms with Crippen LogP contribution >= 0.6 is 0 Å². The Morgan fingerprint density at radius 1 is 0.895 bits per heavy atom. The van der Waals surface area contributed by atoms with E-state index in [0.29, 0.717) is 0 Å². The summed E-state index contributed by atoms with van der Waals surface area (Å²) >= 11 is 0. The number of fused-ring (bicyclic) bond motifs is 1. The summed E-state index contributed by atoms with van der Waals surface area (Å²) in [7, 11) is 0. The molecule has 1 heterocycles. The van der Waals surface area contributed by atoms with Crippen molar-refractivity contribution in [3.63, 3.8) is 0 Å². The number of benzene rings is 2. The molecule has 2 aromatic carbocycles. The largest absolute Gasteiger partial charge is 0.248 e. The molecule has 0 aliphatic carbocycles. The topological polar surface area (TPSA) is 12.9 Å². The van der Waals surface area contributed by atoms with Gasteiger partial charge < -0.3 is 0 Å². The van der Waals surface area contributed by atoms with Gasteiger partial charge in [-0.05, 0) is 30.2 Å². The molecule has 0 amide bonds. The van der Waals surface area contributed by atoms with Crippen molar-refractivity contribution in [3.05, 3.63) is 66.2 Å². The summed E-state index contributed by atoms with van der Waals surface area (Å²) in [5.74, 6) is 0. The van der Waals surface area contributed by atoms with Crippen molar-refractivity contribution in [1.29, 1.82) is 0 Å². The normalized spacial score (nSPS) is 10.8. The van der Waals surface area contributed by atoms with Crippen molar-refractivity contribution in [2.75, 3.05) is 0 Å². The van der Waals surface area contributed by atoms with Crippen LogP contribution in [0.3, 0.4) is 0 Å². The molecule has 0 atom stereocenters. The van der Waals surface area contributed by atoms with Crippen LogP contribution in [-0.2, 0) is 6.42 Å². The monoisotopic (exact) mass is 247 g/mol. The van der Waals surface area contributed by atoms with Crippen molar-refractivity contribution in [2.45, 2.75) is 19.8 Å². The number of nitrogens with zero attached hydrogens (tertiary/aromatic N) is 1. The summed E-state index contributed by atoms with van der Waals surface area (Å²) in [6, 6.07) is 21.2. The molecule has 0 unspecified atom stereocenters. The van der Waals surface area contributed by atoms with Crippen molar-refractivity contribution in [3.8, 4) is 11.3 Å². The van der Waals surface area contributed by atoms with Gasteiger partial charge in [-0.25, -0.2) is 4.98 Å². The Labute approximate surface area is 113 Å². The summed E-state index contributed by atoms with van der Waals surface area (Å²) in [5.41, 5.74) is 4.70. The molecule has 0 aliphatic rings. The number of pyridine rings is 1. The maximum Gasteiger partial charge on any atom is 0.0709 e. The molecule has 0 spiro atoms. The van der Waals surface area contributed by atoms with Crippen LogP contribution in [0, 0.1) is 0 Å². The highest BCUT2D eigenvalue weighted by molar-refractivity contribution is 5.81. The molecule has 1 aromatic heterocycles. The van der Waals surface area contributed by atoms with Crippen LogP contribution in [0.1, 0.15) is 18.9 Å². The zero-order chi connectivity index (χ0) is 13.1. The Bertz CT molecular complexity index is 701. The molecule has 94 valence electrons. The van der Waals surface area contributed by atoms with Gasteiger partial charge in [-0.1, -0.05) is 55.8 Å². The van der Waals surface area contributed by atoms with Gasteiger partial charge in [0.05, 0.1) is 11.2 Å². The number of para-hydroxylation sites is 1. The molecule has 0 fully saturated rings. The highest BCUT2D eigenvalue weighted by atomic mass is 14.7. The second kappa shape index (κ2) is 5.23. The van der Waals surface area contributed by atoms with Crippen LogP contribution in [0.15, 0.2) is 60.7 Å². The van der Waals surface area contributed by atoms with Crippen LogP contribution in [0.25, 0.3) is 22.2 Å². The maximum atomic E-state index is 4.75. The fourth-order valence-electron chi connectivity index (χ4n) is 2.40. The van der Waals surface area contributed by atoms with Crippen LogP contribution in [0.4, 0.5) is 0 Å². The Kier molecular flexibility index (Phi) is 3.28. The Morgan fingerprint density at radius 3 is 2.68 bits per heavy atom. The molecule has 3 rings (SSSR count). The van der Waals surface area contributed by atoms with Gasteiger partial charge in [0.25, 0.3) is 0 Å². The third kappa shape index (κ3) is 2.50. The molecule has 1 nitrogen and oxygen atoms in total. The first-order chi connectivity index (χ1) is 9.36. The molecule has 1 heteroatoms. The minimum Gasteiger partial charge on any atom is -0.248 e. The molecular formula is C18H17N. The first kappa shape index (κ1) is 11.9. The number of hydrogen-bond acceptors (Lipinski definition) is 1. The second-order valence-corrected chi connectivity index (χ2v) is 4.84. The van der Waals surface area contributed by atoms with Crippen molar-refractivity contribution in [2.24, 2.45) is 0 Å². The summed E-state index contributed by atoms with van der Waals surface area (Å²) in [6.07, 6.45) is 2.30. The van der Waals surface area contributed by atoms with Gasteiger partial charge in [-0.3, -0.25) is 0 Å². The van der Waals surface area contributed by atoms with E-state index in [4.69, 9.17) is 4.98 Å². The van der Waals surface area contributed by atoms with E-state index in [2.05, 4.69) is 55.5 Å². The van der Waals surface area contributed by atoms with Gasteiger partial charge in [-0.2, -0.15) is 0 Å². The lowest BCUT2D eigenvalue weighted by Crippen LogP contribution is -1.88. The maximum absolute atomic E-state index is 4.75. The zero-order valence-corrected chi connectivity index (χ0v) is 11.1. The van der Waals surface area contributed by atoms with E-state index in [9.17, 15) is 0 Å². The molecule has 0 bridgehead atoms. The third-order valence-electron chi connectivity index (χ3n) is 3.36. The fraction of sp³-hybridized carbons (Fsp3) is 0.167. The average Bonchev–Trinajstić information content (AvgIpc) is 2.47. The summed E-state index contributed by atoms with van der Waals surface area (Å²) in [5, 5.41) is 1.19. The van der Waals surface area contributed by atoms with Crippen LogP contribution in [0.5, 0.6) is 0 Å². The predicted molar refractivity (Wildman–Crippen MR) is 81.2 cm³/mol. The van der Waals surface area contributed by atoms with Gasteiger partial charge in [0, 0.05) is 10.9 Å². The van der Waals surface area contributed by atoms with E-state index in [0.717, 1.165) is 17.6 Å². The minimum atomic E-state index is 1.05. The number of rotatable bonds is 3. The standard InChI is InChI=1S/C18H17N/c1-2-6-14-7-5-9-16(13-14)18-12-11-15-8-3-4-10-17(15)19-18/h3-5,7-13H,2,6H2,1H3. The van der Waals surface area contributed by atoms with Crippen molar-refractivity contribution >= 4 is 10.9 Å². The zero-order valence-electron chi connectivity index (χ0n) is 11.1.